The van der Waals surface area contributed by atoms with Crippen molar-refractivity contribution in [2.45, 2.75) is 170 Å². The highest BCUT2D eigenvalue weighted by molar-refractivity contribution is 5.87. The average molecular weight is 853 g/mol. The van der Waals surface area contributed by atoms with Crippen molar-refractivity contribution < 1.29 is 88.6 Å². The number of ether oxygens (including phenoxy) is 8. The first-order valence-corrected chi connectivity index (χ1v) is 21.1. The van der Waals surface area contributed by atoms with Crippen molar-refractivity contribution in [3.63, 3.8) is 0 Å². The van der Waals surface area contributed by atoms with Crippen LogP contribution in [0.2, 0.25) is 0 Å². The summed E-state index contributed by atoms with van der Waals surface area (Å²) in [6, 6.07) is 0. The van der Waals surface area contributed by atoms with Gasteiger partial charge in [0.05, 0.1) is 25.4 Å². The van der Waals surface area contributed by atoms with Crippen LogP contribution in [0.1, 0.15) is 65.7 Å². The fraction of sp³-hybridized carbons (Fsp3) is 0.786. The Morgan fingerprint density at radius 3 is 2.10 bits per heavy atom. The maximum atomic E-state index is 11.9. The Hall–Kier alpha value is -2.21. The normalized spacial score (nSPS) is 49.4. The molecule has 0 aromatic carbocycles. The van der Waals surface area contributed by atoms with Crippen molar-refractivity contribution in [1.29, 1.82) is 0 Å². The molecule has 4 heterocycles. The number of carbonyl (C=O) groups is 1. The number of methoxy groups -OCH3 is 1. The lowest BCUT2D eigenvalue weighted by Gasteiger charge is -2.54. The minimum Gasteiger partial charge on any atom is -0.428 e. The number of rotatable bonds is 10. The number of fused-ring (bicyclic) bond motifs is 4. The molecule has 18 heteroatoms. The molecule has 0 amide bonds. The molecule has 9 N–H and O–H groups in total. The molecule has 0 aromatic heterocycles. The lowest BCUT2D eigenvalue weighted by Crippen LogP contribution is -2.64. The fourth-order valence-corrected chi connectivity index (χ4v) is 11.1. The monoisotopic (exact) mass is 852 g/mol. The molecular weight excluding hydrogens is 792 g/mol. The van der Waals surface area contributed by atoms with E-state index in [1.807, 2.05) is 6.08 Å². The third-order valence-corrected chi connectivity index (χ3v) is 14.7. The second-order valence-corrected chi connectivity index (χ2v) is 18.1. The summed E-state index contributed by atoms with van der Waals surface area (Å²) in [5.74, 6) is -0.201. The van der Waals surface area contributed by atoms with Crippen LogP contribution in [0.3, 0.4) is 0 Å². The lowest BCUT2D eigenvalue weighted by atomic mass is 9.52. The number of hydrogen-bond donors (Lipinski definition) is 9. The Morgan fingerprint density at radius 1 is 0.750 bits per heavy atom. The zero-order valence-electron chi connectivity index (χ0n) is 34.2. The van der Waals surface area contributed by atoms with E-state index in [1.165, 1.54) is 29.9 Å². The minimum atomic E-state index is -1.77. The predicted octanol–water partition coefficient (Wildman–Crippen LogP) is -1.13. The Morgan fingerprint density at radius 2 is 1.42 bits per heavy atom. The zero-order chi connectivity index (χ0) is 43.0. The number of carbonyl (C=O) groups excluding carboxylic acids is 1. The van der Waals surface area contributed by atoms with Gasteiger partial charge in [-0.25, -0.2) is 4.79 Å². The van der Waals surface area contributed by atoms with E-state index in [0.717, 1.165) is 50.5 Å². The van der Waals surface area contributed by atoms with Gasteiger partial charge in [0.1, 0.15) is 67.1 Å². The topological polar surface area (TPSA) is 273 Å². The summed E-state index contributed by atoms with van der Waals surface area (Å²) in [5, 5.41) is 94.4. The van der Waals surface area contributed by atoms with Crippen LogP contribution < -0.4 is 0 Å². The number of allylic oxidation sites excluding steroid dienone is 5. The molecule has 20 atom stereocenters. The lowest BCUT2D eigenvalue weighted by molar-refractivity contribution is -0.367. The maximum absolute atomic E-state index is 11.9. The smallest absolute Gasteiger partial charge is 0.333 e. The molecule has 0 aromatic rings. The van der Waals surface area contributed by atoms with Crippen LogP contribution in [0.5, 0.6) is 0 Å². The summed E-state index contributed by atoms with van der Waals surface area (Å²) in [5.41, 5.74) is 5.22. The first-order valence-electron chi connectivity index (χ1n) is 21.1. The minimum absolute atomic E-state index is 0.0480. The van der Waals surface area contributed by atoms with Crippen LogP contribution in [0.4, 0.5) is 0 Å². The Kier molecular flexibility index (Phi) is 12.6. The molecular formula is C42H60O18. The van der Waals surface area contributed by atoms with E-state index in [1.54, 1.807) is 6.92 Å². The Balaban J connectivity index is 0.884. The molecule has 0 spiro atoms. The number of hydrogen-bond acceptors (Lipinski definition) is 18. The molecule has 60 heavy (non-hydrogen) atoms. The summed E-state index contributed by atoms with van der Waals surface area (Å²) in [4.78, 5) is 11.9. The van der Waals surface area contributed by atoms with E-state index >= 15 is 0 Å². The van der Waals surface area contributed by atoms with Gasteiger partial charge in [-0.15, -0.1) is 0 Å². The fourth-order valence-electron chi connectivity index (χ4n) is 11.1. The van der Waals surface area contributed by atoms with Crippen molar-refractivity contribution in [2.24, 2.45) is 16.7 Å². The molecule has 18 nitrogen and oxygen atoms in total. The molecule has 0 bridgehead atoms. The molecule has 4 aliphatic carbocycles. The summed E-state index contributed by atoms with van der Waals surface area (Å²) in [7, 11) is 1.39. The van der Waals surface area contributed by atoms with Gasteiger partial charge in [0.15, 0.2) is 18.9 Å². The van der Waals surface area contributed by atoms with E-state index in [-0.39, 0.29) is 16.9 Å². The largest absolute Gasteiger partial charge is 0.428 e. The molecule has 3 saturated heterocycles. The van der Waals surface area contributed by atoms with Gasteiger partial charge in [-0.3, -0.25) is 0 Å². The van der Waals surface area contributed by atoms with Gasteiger partial charge in [0.25, 0.3) is 0 Å². The van der Waals surface area contributed by atoms with E-state index in [4.69, 9.17) is 37.9 Å². The van der Waals surface area contributed by atoms with Crippen molar-refractivity contribution in [2.75, 3.05) is 20.3 Å². The molecule has 20 unspecified atom stereocenters. The van der Waals surface area contributed by atoms with Gasteiger partial charge in [-0.1, -0.05) is 31.6 Å². The van der Waals surface area contributed by atoms with E-state index in [2.05, 4.69) is 19.9 Å². The molecule has 336 valence electrons. The van der Waals surface area contributed by atoms with Crippen LogP contribution >= 0.6 is 0 Å². The number of aliphatic hydroxyl groups excluding tert-OH is 9. The molecule has 8 rings (SSSR count). The maximum Gasteiger partial charge on any atom is 0.333 e. The number of aliphatic hydroxyl groups is 9. The second-order valence-electron chi connectivity index (χ2n) is 18.1. The van der Waals surface area contributed by atoms with E-state index in [0.29, 0.717) is 11.5 Å². The third-order valence-electron chi connectivity index (χ3n) is 14.7. The SMILES string of the molecule is COC1C(O)C(OC2CCC3(C)C4=C(CCC3C2)C2=CC=C(C3=CC(=O)OC3O)C2(C)CC4)OC(C)C1OC1OC(COC2OC(CO)C(O)C(O)C2O)C(O)C(O)C1O. The van der Waals surface area contributed by atoms with Crippen molar-refractivity contribution in [3.8, 4) is 0 Å². The molecule has 4 aliphatic heterocycles. The van der Waals surface area contributed by atoms with Crippen LogP contribution in [-0.2, 0) is 42.7 Å². The van der Waals surface area contributed by atoms with Gasteiger partial charge in [-0.2, -0.15) is 0 Å². The third kappa shape index (κ3) is 7.57. The number of esters is 1. The van der Waals surface area contributed by atoms with Gasteiger partial charge >= 0.3 is 5.97 Å². The van der Waals surface area contributed by atoms with Crippen molar-refractivity contribution in [3.05, 3.63) is 46.1 Å². The van der Waals surface area contributed by atoms with E-state index < -0.39 is 118 Å². The predicted molar refractivity (Wildman–Crippen MR) is 203 cm³/mol. The van der Waals surface area contributed by atoms with Gasteiger partial charge in [-0.05, 0) is 79.9 Å². The van der Waals surface area contributed by atoms with Crippen LogP contribution in [0.25, 0.3) is 0 Å². The zero-order valence-corrected chi connectivity index (χ0v) is 34.2. The van der Waals surface area contributed by atoms with Crippen LogP contribution in [0.15, 0.2) is 46.1 Å². The Bertz CT molecular complexity index is 1750. The quantitative estimate of drug-likeness (QED) is 0.118. The van der Waals surface area contributed by atoms with E-state index in [9.17, 15) is 50.8 Å². The highest BCUT2D eigenvalue weighted by Gasteiger charge is 2.55. The van der Waals surface area contributed by atoms with Gasteiger partial charge in [0, 0.05) is 24.2 Å². The first-order chi connectivity index (χ1) is 28.5. The number of cyclic esters (lactones) is 1. The molecule has 8 aliphatic rings. The standard InChI is InChI=1S/C42H60O18/c1-17-35(60-39-33(50)31(48)29(46)26(58-39)16-54-38-32(49)30(47)28(45)25(15-43)57-38)36(53-4)34(51)40(55-17)56-19-9-11-41(2)18(13-19)5-6-20-22-7-8-23(21-14-27(44)59-37(21)52)42(22,3)12-10-24(20)41/h7-8,14,17-19,25-26,28-40,43,45-52H,5-6,9-13,15-16H2,1-4H3. The summed E-state index contributed by atoms with van der Waals surface area (Å²) >= 11 is 0. The highest BCUT2D eigenvalue weighted by Crippen LogP contribution is 2.63. The first kappa shape index (κ1) is 44.4. The van der Waals surface area contributed by atoms with Crippen LogP contribution in [0, 0.1) is 16.7 Å². The second kappa shape index (κ2) is 17.1. The van der Waals surface area contributed by atoms with Gasteiger partial charge in [0.2, 0.25) is 6.29 Å². The van der Waals surface area contributed by atoms with Crippen molar-refractivity contribution in [1.82, 2.24) is 0 Å². The van der Waals surface area contributed by atoms with Crippen molar-refractivity contribution >= 4 is 5.97 Å². The summed E-state index contributed by atoms with van der Waals surface area (Å²) in [6.45, 7) is 5.02. The van der Waals surface area contributed by atoms with Crippen LogP contribution in [-0.4, -0.2) is 177 Å². The molecule has 1 saturated carbocycles. The van der Waals surface area contributed by atoms with Gasteiger partial charge < -0.3 is 83.9 Å². The molecule has 4 fully saturated rings. The summed E-state index contributed by atoms with van der Waals surface area (Å²) in [6.07, 6.45) is -11.1. The Labute approximate surface area is 347 Å². The average Bonchev–Trinajstić information content (AvgIpc) is 3.75. The highest BCUT2D eigenvalue weighted by atomic mass is 16.8. The molecule has 0 radical (unpaired) electrons. The summed E-state index contributed by atoms with van der Waals surface area (Å²) < 4.78 is 46.3.